The molecule has 35 heavy (non-hydrogen) atoms. The number of likely N-dealkylation sites (N-methyl/N-ethyl adjacent to an activating group) is 1. The molecule has 0 atom stereocenters. The van der Waals surface area contributed by atoms with Crippen LogP contribution in [0.3, 0.4) is 0 Å². The molecule has 2 fully saturated rings. The Morgan fingerprint density at radius 3 is 2.40 bits per heavy atom. The van der Waals surface area contributed by atoms with Gasteiger partial charge in [0.1, 0.15) is 12.0 Å². The highest BCUT2D eigenvalue weighted by atomic mass is 16.5. The number of aromatic nitrogens is 1. The number of oxazole rings is 1. The molecule has 3 aromatic rings. The summed E-state index contributed by atoms with van der Waals surface area (Å²) in [6, 6.07) is 17.9. The first kappa shape index (κ1) is 23.7. The highest BCUT2D eigenvalue weighted by molar-refractivity contribution is 5.49. The summed E-state index contributed by atoms with van der Waals surface area (Å²) >= 11 is 0. The van der Waals surface area contributed by atoms with E-state index in [1.54, 1.807) is 7.11 Å². The van der Waals surface area contributed by atoms with Crippen LogP contribution in [0.2, 0.25) is 0 Å². The summed E-state index contributed by atoms with van der Waals surface area (Å²) in [5, 5.41) is 0. The molecule has 186 valence electrons. The van der Waals surface area contributed by atoms with E-state index in [4.69, 9.17) is 14.1 Å². The molecular weight excluding hydrogens is 438 g/mol. The summed E-state index contributed by atoms with van der Waals surface area (Å²) in [5.41, 5.74) is 4.72. The van der Waals surface area contributed by atoms with Crippen molar-refractivity contribution in [2.45, 2.75) is 32.5 Å². The van der Waals surface area contributed by atoms with E-state index in [0.29, 0.717) is 12.6 Å². The molecule has 5 rings (SSSR count). The van der Waals surface area contributed by atoms with Gasteiger partial charge in [-0.25, -0.2) is 0 Å². The lowest BCUT2D eigenvalue weighted by molar-refractivity contribution is 0.147. The number of benzene rings is 2. The summed E-state index contributed by atoms with van der Waals surface area (Å²) in [7, 11) is 3.89. The second-order valence-corrected chi connectivity index (χ2v) is 9.77. The molecule has 0 bridgehead atoms. The lowest BCUT2D eigenvalue weighted by Crippen LogP contribution is -2.43. The van der Waals surface area contributed by atoms with Crippen molar-refractivity contribution in [1.29, 1.82) is 0 Å². The van der Waals surface area contributed by atoms with Gasteiger partial charge in [-0.2, -0.15) is 4.98 Å². The van der Waals surface area contributed by atoms with Gasteiger partial charge in [0.15, 0.2) is 0 Å². The average Bonchev–Trinajstić information content (AvgIpc) is 3.59. The number of methoxy groups -OCH3 is 1. The molecule has 3 heterocycles. The Morgan fingerprint density at radius 2 is 1.66 bits per heavy atom. The largest absolute Gasteiger partial charge is 0.497 e. The Labute approximate surface area is 208 Å². The maximum Gasteiger partial charge on any atom is 0.298 e. The fraction of sp³-hybridized carbons (Fsp3) is 0.464. The summed E-state index contributed by atoms with van der Waals surface area (Å²) in [6.45, 7) is 8.90. The number of rotatable bonds is 9. The van der Waals surface area contributed by atoms with E-state index in [2.05, 4.69) is 63.0 Å². The molecule has 0 amide bonds. The first-order chi connectivity index (χ1) is 17.2. The monoisotopic (exact) mass is 475 g/mol. The van der Waals surface area contributed by atoms with Crippen LogP contribution in [0, 0.1) is 0 Å². The minimum Gasteiger partial charge on any atom is -0.497 e. The zero-order valence-corrected chi connectivity index (χ0v) is 21.0. The Morgan fingerprint density at radius 1 is 0.914 bits per heavy atom. The molecular formula is C28H37N5O2. The van der Waals surface area contributed by atoms with Crippen LogP contribution < -0.4 is 14.5 Å². The predicted molar refractivity (Wildman–Crippen MR) is 140 cm³/mol. The van der Waals surface area contributed by atoms with Crippen molar-refractivity contribution in [3.8, 4) is 5.75 Å². The first-order valence-corrected chi connectivity index (χ1v) is 12.7. The van der Waals surface area contributed by atoms with Crippen molar-refractivity contribution in [3.63, 3.8) is 0 Å². The van der Waals surface area contributed by atoms with Gasteiger partial charge in [0.05, 0.1) is 12.8 Å². The summed E-state index contributed by atoms with van der Waals surface area (Å²) in [4.78, 5) is 14.4. The molecule has 2 saturated heterocycles. The summed E-state index contributed by atoms with van der Waals surface area (Å²) in [6.07, 6.45) is 4.40. The van der Waals surface area contributed by atoms with Crippen molar-refractivity contribution in [1.82, 2.24) is 14.8 Å². The van der Waals surface area contributed by atoms with Gasteiger partial charge < -0.3 is 23.9 Å². The Balaban J connectivity index is 1.32. The molecule has 0 unspecified atom stereocenters. The van der Waals surface area contributed by atoms with E-state index in [1.165, 1.54) is 24.1 Å². The molecule has 0 aliphatic carbocycles. The Hall–Kier alpha value is -3.03. The van der Waals surface area contributed by atoms with Crippen molar-refractivity contribution >= 4 is 11.7 Å². The fourth-order valence-corrected chi connectivity index (χ4v) is 4.94. The molecule has 0 radical (unpaired) electrons. The van der Waals surface area contributed by atoms with Crippen LogP contribution in [-0.2, 0) is 19.6 Å². The summed E-state index contributed by atoms with van der Waals surface area (Å²) in [5.74, 6) is 0.862. The van der Waals surface area contributed by atoms with Crippen molar-refractivity contribution in [3.05, 3.63) is 71.6 Å². The molecule has 7 nitrogen and oxygen atoms in total. The number of nitrogens with zero attached hydrogens (tertiary/aromatic N) is 5. The van der Waals surface area contributed by atoms with E-state index in [-0.39, 0.29) is 0 Å². The average molecular weight is 476 g/mol. The Bertz CT molecular complexity index is 1070. The van der Waals surface area contributed by atoms with Crippen LogP contribution in [0.4, 0.5) is 11.7 Å². The Kier molecular flexibility index (Phi) is 7.54. The van der Waals surface area contributed by atoms with E-state index in [0.717, 1.165) is 69.4 Å². The van der Waals surface area contributed by atoms with E-state index in [1.807, 2.05) is 18.4 Å². The van der Waals surface area contributed by atoms with Gasteiger partial charge in [0.2, 0.25) is 0 Å². The van der Waals surface area contributed by atoms with E-state index in [9.17, 15) is 0 Å². The van der Waals surface area contributed by atoms with Gasteiger partial charge in [0.25, 0.3) is 6.01 Å². The molecule has 0 saturated carbocycles. The van der Waals surface area contributed by atoms with Crippen LogP contribution in [0.5, 0.6) is 5.75 Å². The van der Waals surface area contributed by atoms with Crippen molar-refractivity contribution in [2.24, 2.45) is 0 Å². The lowest BCUT2D eigenvalue weighted by Gasteiger charge is -2.31. The number of anilines is 2. The standard InChI is InChI=1S/C28H37N5O2/c1-30-14-16-31(17-15-30)21-25-22-35-28(29-25)33(20-24-6-5-7-27(18-24)34-2)19-23-8-10-26(11-9-23)32-12-3-4-13-32/h5-11,18,22H,3-4,12-17,19-21H2,1-2H3. The fourth-order valence-electron chi connectivity index (χ4n) is 4.94. The molecule has 2 aliphatic rings. The second-order valence-electron chi connectivity index (χ2n) is 9.77. The third kappa shape index (κ3) is 6.16. The van der Waals surface area contributed by atoms with Gasteiger partial charge >= 0.3 is 0 Å². The molecule has 2 aliphatic heterocycles. The SMILES string of the molecule is COc1cccc(CN(Cc2ccc(N3CCCC3)cc2)c2nc(CN3CCN(C)CC3)co2)c1. The van der Waals surface area contributed by atoms with Gasteiger partial charge in [-0.15, -0.1) is 0 Å². The topological polar surface area (TPSA) is 48.2 Å². The minimum absolute atomic E-state index is 0.667. The van der Waals surface area contributed by atoms with Crippen LogP contribution in [0.1, 0.15) is 29.7 Å². The second kappa shape index (κ2) is 11.1. The van der Waals surface area contributed by atoms with Crippen molar-refractivity contribution in [2.75, 3.05) is 63.2 Å². The molecule has 0 spiro atoms. The van der Waals surface area contributed by atoms with E-state index >= 15 is 0 Å². The highest BCUT2D eigenvalue weighted by Crippen LogP contribution is 2.25. The molecule has 0 N–H and O–H groups in total. The third-order valence-electron chi connectivity index (χ3n) is 7.08. The number of hydrogen-bond acceptors (Lipinski definition) is 7. The maximum absolute atomic E-state index is 6.03. The van der Waals surface area contributed by atoms with Crippen LogP contribution in [0.25, 0.3) is 0 Å². The van der Waals surface area contributed by atoms with Gasteiger partial charge in [-0.05, 0) is 55.3 Å². The quantitative estimate of drug-likeness (QED) is 0.459. The van der Waals surface area contributed by atoms with Crippen molar-refractivity contribution < 1.29 is 9.15 Å². The minimum atomic E-state index is 0.667. The van der Waals surface area contributed by atoms with Crippen LogP contribution in [0.15, 0.2) is 59.2 Å². The normalized spacial score (nSPS) is 17.1. The smallest absolute Gasteiger partial charge is 0.298 e. The summed E-state index contributed by atoms with van der Waals surface area (Å²) < 4.78 is 11.5. The highest BCUT2D eigenvalue weighted by Gasteiger charge is 2.19. The van der Waals surface area contributed by atoms with Crippen LogP contribution >= 0.6 is 0 Å². The zero-order valence-electron chi connectivity index (χ0n) is 21.0. The number of hydrogen-bond donors (Lipinski definition) is 0. The molecule has 7 heteroatoms. The third-order valence-corrected chi connectivity index (χ3v) is 7.08. The van der Waals surface area contributed by atoms with Crippen LogP contribution in [-0.4, -0.2) is 68.2 Å². The van der Waals surface area contributed by atoms with Gasteiger partial charge in [-0.3, -0.25) is 4.90 Å². The lowest BCUT2D eigenvalue weighted by atomic mass is 10.1. The van der Waals surface area contributed by atoms with Gasteiger partial charge in [-0.1, -0.05) is 24.3 Å². The van der Waals surface area contributed by atoms with Gasteiger partial charge in [0, 0.05) is 64.6 Å². The first-order valence-electron chi connectivity index (χ1n) is 12.7. The zero-order chi connectivity index (χ0) is 24.0. The number of piperazine rings is 1. The maximum atomic E-state index is 6.03. The van der Waals surface area contributed by atoms with E-state index < -0.39 is 0 Å². The number of ether oxygens (including phenoxy) is 1. The predicted octanol–water partition coefficient (Wildman–Crippen LogP) is 4.24. The molecule has 2 aromatic carbocycles. The molecule has 1 aromatic heterocycles.